The monoisotopic (exact) mass is 864 g/mol. The number of anilines is 1. The number of rotatable bonds is 9. The minimum absolute atomic E-state index is 0.00931. The first-order chi connectivity index (χ1) is 30.4. The lowest BCUT2D eigenvalue weighted by molar-refractivity contribution is -0.173. The number of aromatic nitrogens is 3. The van der Waals surface area contributed by atoms with Crippen molar-refractivity contribution in [2.75, 3.05) is 37.7 Å². The molecule has 0 spiro atoms. The van der Waals surface area contributed by atoms with E-state index in [0.717, 1.165) is 38.6 Å². The molecule has 4 aliphatic heterocycles. The highest BCUT2D eigenvalue weighted by atomic mass is 19.1. The van der Waals surface area contributed by atoms with E-state index >= 15 is 8.78 Å². The molecule has 4 aromatic rings. The highest BCUT2D eigenvalue weighted by Gasteiger charge is 2.53. The van der Waals surface area contributed by atoms with Crippen LogP contribution in [-0.2, 0) is 14.3 Å². The molecule has 0 radical (unpaired) electrons. The Morgan fingerprint density at radius 1 is 1.00 bits per heavy atom. The molecule has 12 nitrogen and oxygen atoms in total. The first kappa shape index (κ1) is 40.4. The zero-order valence-electron chi connectivity index (χ0n) is 35.3. The van der Waals surface area contributed by atoms with E-state index in [2.05, 4.69) is 20.8 Å². The van der Waals surface area contributed by atoms with Crippen LogP contribution in [0.4, 0.5) is 23.8 Å². The Bertz CT molecular complexity index is 2540. The van der Waals surface area contributed by atoms with E-state index in [1.165, 1.54) is 49.7 Å². The number of fused-ring (bicyclic) bond motifs is 5. The smallest absolute Gasteiger partial charge is 0.413 e. The van der Waals surface area contributed by atoms with Crippen LogP contribution < -0.4 is 9.64 Å². The third kappa shape index (κ3) is 6.98. The van der Waals surface area contributed by atoms with Crippen LogP contribution in [0.5, 0.6) is 11.8 Å². The predicted molar refractivity (Wildman–Crippen MR) is 226 cm³/mol. The van der Waals surface area contributed by atoms with Gasteiger partial charge in [-0.15, -0.1) is 6.42 Å². The van der Waals surface area contributed by atoms with Crippen molar-refractivity contribution in [3.05, 3.63) is 47.7 Å². The molecule has 5 atom stereocenters. The van der Waals surface area contributed by atoms with Crippen LogP contribution in [0, 0.1) is 47.1 Å². The number of carbonyl (C=O) groups is 2. The number of nitrogens with zero attached hydrogens (tertiary/aromatic N) is 6. The molecule has 4 unspecified atom stereocenters. The summed E-state index contributed by atoms with van der Waals surface area (Å²) in [5.74, 6) is 2.79. The van der Waals surface area contributed by atoms with Gasteiger partial charge < -0.3 is 24.2 Å². The molecule has 4 aliphatic carbocycles. The molecule has 63 heavy (non-hydrogen) atoms. The minimum atomic E-state index is -1.05. The average molecular weight is 865 g/mol. The molecule has 330 valence electrons. The fraction of sp³-hybridized carbons (Fsp3) is 0.562. The van der Waals surface area contributed by atoms with Gasteiger partial charge in [-0.25, -0.2) is 18.0 Å². The van der Waals surface area contributed by atoms with Crippen molar-refractivity contribution in [3.63, 3.8) is 0 Å². The van der Waals surface area contributed by atoms with Crippen LogP contribution >= 0.6 is 0 Å². The van der Waals surface area contributed by atoms with Crippen molar-refractivity contribution in [3.8, 4) is 35.4 Å². The second-order valence-electron chi connectivity index (χ2n) is 19.8. The molecule has 4 saturated heterocycles. The Morgan fingerprint density at radius 3 is 2.44 bits per heavy atom. The van der Waals surface area contributed by atoms with Gasteiger partial charge in [0.05, 0.1) is 35.0 Å². The number of ether oxygens (including phenoxy) is 3. The van der Waals surface area contributed by atoms with Crippen molar-refractivity contribution in [1.29, 1.82) is 0 Å². The molecule has 2 aromatic carbocycles. The first-order valence-electron chi connectivity index (χ1n) is 22.6. The van der Waals surface area contributed by atoms with Crippen molar-refractivity contribution in [2.45, 2.75) is 114 Å². The van der Waals surface area contributed by atoms with E-state index in [1.54, 1.807) is 11.8 Å². The lowest BCUT2D eigenvalue weighted by Gasteiger charge is -2.56. The number of aromatic hydroxyl groups is 1. The summed E-state index contributed by atoms with van der Waals surface area (Å²) in [4.78, 5) is 46.8. The van der Waals surface area contributed by atoms with Crippen LogP contribution in [0.25, 0.3) is 32.9 Å². The number of esters is 1. The molecule has 6 bridgehead atoms. The van der Waals surface area contributed by atoms with Gasteiger partial charge in [0, 0.05) is 50.1 Å². The number of piperazine rings is 1. The van der Waals surface area contributed by atoms with Crippen molar-refractivity contribution in [1.82, 2.24) is 24.8 Å². The van der Waals surface area contributed by atoms with E-state index in [1.807, 2.05) is 4.90 Å². The Morgan fingerprint density at radius 2 is 1.73 bits per heavy atom. The third-order valence-electron chi connectivity index (χ3n) is 15.6. The third-order valence-corrected chi connectivity index (χ3v) is 15.6. The predicted octanol–water partition coefficient (Wildman–Crippen LogP) is 8.05. The number of pyridine rings is 1. The summed E-state index contributed by atoms with van der Waals surface area (Å²) in [7, 11) is 0. The number of phenols is 1. The van der Waals surface area contributed by atoms with Gasteiger partial charge >= 0.3 is 18.1 Å². The van der Waals surface area contributed by atoms with Crippen molar-refractivity contribution < 1.29 is 42.1 Å². The summed E-state index contributed by atoms with van der Waals surface area (Å²) in [6.07, 6.45) is 15.4. The number of amides is 1. The lowest BCUT2D eigenvalue weighted by Crippen LogP contribution is -2.56. The van der Waals surface area contributed by atoms with Gasteiger partial charge in [0.15, 0.2) is 5.82 Å². The van der Waals surface area contributed by atoms with E-state index < -0.39 is 35.7 Å². The summed E-state index contributed by atoms with van der Waals surface area (Å²) in [5, 5.41) is 11.6. The second kappa shape index (κ2) is 15.1. The molecule has 2 aromatic heterocycles. The molecular formula is C48H51F3N6O6. The summed E-state index contributed by atoms with van der Waals surface area (Å²) in [5.41, 5.74) is -0.868. The summed E-state index contributed by atoms with van der Waals surface area (Å²) in [6.45, 7) is 3.43. The molecule has 6 heterocycles. The highest BCUT2D eigenvalue weighted by Crippen LogP contribution is 2.61. The second-order valence-corrected chi connectivity index (χ2v) is 19.8. The molecule has 4 saturated carbocycles. The van der Waals surface area contributed by atoms with Crippen LogP contribution in [-0.4, -0.2) is 105 Å². The van der Waals surface area contributed by atoms with Gasteiger partial charge in [0.2, 0.25) is 6.29 Å². The van der Waals surface area contributed by atoms with Crippen molar-refractivity contribution in [2.24, 2.45) is 23.2 Å². The van der Waals surface area contributed by atoms with Crippen LogP contribution in [0.1, 0.15) is 89.5 Å². The number of hydrogen-bond donors (Lipinski definition) is 1. The maximum absolute atomic E-state index is 17.2. The highest BCUT2D eigenvalue weighted by molar-refractivity contribution is 6.03. The zero-order chi connectivity index (χ0) is 43.4. The quantitative estimate of drug-likeness (QED) is 0.0997. The number of carbonyl (C=O) groups excluding carboxylic acids is 2. The fourth-order valence-electron chi connectivity index (χ4n) is 13.6. The first-order valence-corrected chi connectivity index (χ1v) is 22.6. The number of alkyl halides is 1. The number of terminal acetylenes is 1. The van der Waals surface area contributed by atoms with E-state index in [0.29, 0.717) is 74.3 Å². The Kier molecular flexibility index (Phi) is 9.71. The summed E-state index contributed by atoms with van der Waals surface area (Å²) < 4.78 is 64.9. The molecule has 1 amide bonds. The molecular weight excluding hydrogens is 814 g/mol. The SMILES string of the molecule is C#Cc1c(F)ccc2cc(O)cc(-c3ncc4c(N5CC6CCC(C5)N6C(=O)OC(C)OC(=O)CC56CC7CC(CC(C7)C5)C6)nc(OC[C@@]56CCCN5CC(F)C6)nc4c3F)c12. The maximum atomic E-state index is 17.2. The van der Waals surface area contributed by atoms with Crippen LogP contribution in [0.15, 0.2) is 30.5 Å². The van der Waals surface area contributed by atoms with Gasteiger partial charge in [-0.2, -0.15) is 9.97 Å². The average Bonchev–Trinajstić information content (AvgIpc) is 3.85. The Hall–Kier alpha value is -5.36. The Labute approximate surface area is 363 Å². The summed E-state index contributed by atoms with van der Waals surface area (Å²) in [6, 6.07) is 4.67. The van der Waals surface area contributed by atoms with E-state index in [9.17, 15) is 19.1 Å². The minimum Gasteiger partial charge on any atom is -0.508 e. The van der Waals surface area contributed by atoms with Crippen LogP contribution in [0.2, 0.25) is 0 Å². The van der Waals surface area contributed by atoms with Crippen LogP contribution in [0.3, 0.4) is 0 Å². The van der Waals surface area contributed by atoms with Gasteiger partial charge in [-0.3, -0.25) is 19.6 Å². The van der Waals surface area contributed by atoms with Crippen molar-refractivity contribution >= 4 is 39.6 Å². The standard InChI is InChI=1S/C48H51F3N6O6/c1-3-35-38(50)8-5-30-14-34(58)15-36(40(30)35)42-41(51)43-37(21-52-42)44(54-45(53-43)61-25-48-9-4-10-56(48)22-31(49)19-48)55-23-32-6-7-33(24-55)57(32)46(60)63-26(2)62-39(59)20-47-16-27-11-28(17-47)13-29(12-27)18-47/h1,5,8,14-15,21,26-29,31-33,58H,4,6-7,9-13,16-20,22-25H2,2H3/t26?,27?,28?,29?,31?,32?,33?,47?,48-/m0/s1. The van der Waals surface area contributed by atoms with Gasteiger partial charge in [-0.1, -0.05) is 12.0 Å². The molecule has 1 N–H and O–H groups in total. The van der Waals surface area contributed by atoms with E-state index in [-0.39, 0.29) is 74.9 Å². The summed E-state index contributed by atoms with van der Waals surface area (Å²) >= 11 is 0. The fourth-order valence-corrected chi connectivity index (χ4v) is 13.6. The number of phenolic OH excluding ortho intramolecular Hbond substituents is 1. The Balaban J connectivity index is 0.869. The number of benzene rings is 2. The van der Waals surface area contributed by atoms with E-state index in [4.69, 9.17) is 25.6 Å². The van der Waals surface area contributed by atoms with Gasteiger partial charge in [0.1, 0.15) is 41.4 Å². The largest absolute Gasteiger partial charge is 0.508 e. The zero-order valence-corrected chi connectivity index (χ0v) is 35.3. The molecule has 8 fully saturated rings. The molecule has 12 rings (SSSR count). The number of hydrogen-bond acceptors (Lipinski definition) is 11. The topological polar surface area (TPSA) is 130 Å². The number of halogens is 3. The normalized spacial score (nSPS) is 31.1. The maximum Gasteiger partial charge on any atom is 0.413 e. The molecule has 8 aliphatic rings. The lowest BCUT2D eigenvalue weighted by atomic mass is 9.49. The van der Waals surface area contributed by atoms with Gasteiger partial charge in [-0.05, 0) is 118 Å². The van der Waals surface area contributed by atoms with Gasteiger partial charge in [0.25, 0.3) is 0 Å². The molecule has 15 heteroatoms.